The van der Waals surface area contributed by atoms with Crippen molar-refractivity contribution in [1.82, 2.24) is 9.80 Å². The van der Waals surface area contributed by atoms with Gasteiger partial charge in [0.25, 0.3) is 0 Å². The second-order valence-electron chi connectivity index (χ2n) is 8.84. The van der Waals surface area contributed by atoms with Crippen LogP contribution >= 0.6 is 0 Å². The van der Waals surface area contributed by atoms with E-state index in [4.69, 9.17) is 18.9 Å². The quantitative estimate of drug-likeness (QED) is 0.420. The SMILES string of the molecule is CCOc1ccc(OCC(O)CN2CCN(CC(O)COc3ccc(OCC)cc3)C(C)C2)cc1. The summed E-state index contributed by atoms with van der Waals surface area (Å²) in [6.45, 7) is 11.4. The number of β-amino-alcohol motifs (C(OH)–C–C–N with tert-alkyl or cyclic N) is 2. The third-order valence-corrected chi connectivity index (χ3v) is 5.92. The first-order valence-electron chi connectivity index (χ1n) is 12.5. The van der Waals surface area contributed by atoms with Crippen LogP contribution in [0.4, 0.5) is 0 Å². The fourth-order valence-electron chi connectivity index (χ4n) is 4.16. The van der Waals surface area contributed by atoms with Crippen LogP contribution in [0.25, 0.3) is 0 Å². The number of rotatable bonds is 14. The first kappa shape index (κ1) is 27.1. The lowest BCUT2D eigenvalue weighted by molar-refractivity contribution is 0.00243. The predicted molar refractivity (Wildman–Crippen MR) is 136 cm³/mol. The maximum Gasteiger partial charge on any atom is 0.119 e. The van der Waals surface area contributed by atoms with Crippen LogP contribution in [0, 0.1) is 0 Å². The summed E-state index contributed by atoms with van der Waals surface area (Å²) in [6.07, 6.45) is -1.16. The van der Waals surface area contributed by atoms with Gasteiger partial charge in [-0.25, -0.2) is 0 Å². The van der Waals surface area contributed by atoms with Crippen molar-refractivity contribution in [1.29, 1.82) is 0 Å². The number of aliphatic hydroxyl groups is 2. The van der Waals surface area contributed by atoms with Crippen LogP contribution in [0.5, 0.6) is 23.0 Å². The molecule has 3 rings (SSSR count). The van der Waals surface area contributed by atoms with E-state index < -0.39 is 12.2 Å². The van der Waals surface area contributed by atoms with Crippen LogP contribution in [0.3, 0.4) is 0 Å². The van der Waals surface area contributed by atoms with E-state index in [1.807, 2.05) is 62.4 Å². The van der Waals surface area contributed by atoms with E-state index in [9.17, 15) is 10.2 Å². The van der Waals surface area contributed by atoms with E-state index in [0.29, 0.717) is 37.8 Å². The lowest BCUT2D eigenvalue weighted by atomic mass is 10.1. The van der Waals surface area contributed by atoms with Crippen molar-refractivity contribution >= 4 is 0 Å². The summed E-state index contributed by atoms with van der Waals surface area (Å²) >= 11 is 0. The summed E-state index contributed by atoms with van der Waals surface area (Å²) in [5, 5.41) is 20.9. The normalized spacial score (nSPS) is 18.6. The van der Waals surface area contributed by atoms with E-state index in [0.717, 1.165) is 31.1 Å². The van der Waals surface area contributed by atoms with Crippen LogP contribution in [0.1, 0.15) is 20.8 Å². The van der Waals surface area contributed by atoms with Crippen LogP contribution in [0.2, 0.25) is 0 Å². The molecule has 0 bridgehead atoms. The van der Waals surface area contributed by atoms with E-state index in [2.05, 4.69) is 16.7 Å². The second kappa shape index (κ2) is 14.1. The molecule has 0 radical (unpaired) electrons. The Morgan fingerprint density at radius 3 is 1.57 bits per heavy atom. The molecule has 3 atom stereocenters. The van der Waals surface area contributed by atoms with Gasteiger partial charge in [-0.2, -0.15) is 0 Å². The van der Waals surface area contributed by atoms with Gasteiger partial charge in [-0.3, -0.25) is 9.80 Å². The minimum Gasteiger partial charge on any atom is -0.494 e. The average Bonchev–Trinajstić information content (AvgIpc) is 2.85. The molecule has 0 spiro atoms. The van der Waals surface area contributed by atoms with Crippen LogP contribution in [-0.2, 0) is 0 Å². The summed E-state index contributed by atoms with van der Waals surface area (Å²) in [5.74, 6) is 3.04. The maximum atomic E-state index is 10.5. The van der Waals surface area contributed by atoms with Gasteiger partial charge in [0.2, 0.25) is 0 Å². The average molecular weight is 489 g/mol. The minimum atomic E-state index is -0.580. The van der Waals surface area contributed by atoms with Crippen molar-refractivity contribution < 1.29 is 29.2 Å². The van der Waals surface area contributed by atoms with Gasteiger partial charge in [0.1, 0.15) is 48.4 Å². The number of aliphatic hydroxyl groups excluding tert-OH is 2. The van der Waals surface area contributed by atoms with Gasteiger partial charge in [-0.15, -0.1) is 0 Å². The molecule has 1 aliphatic heterocycles. The maximum absolute atomic E-state index is 10.5. The molecule has 0 aliphatic carbocycles. The number of ether oxygens (including phenoxy) is 4. The molecule has 1 saturated heterocycles. The Bertz CT molecular complexity index is 848. The highest BCUT2D eigenvalue weighted by atomic mass is 16.5. The van der Waals surface area contributed by atoms with E-state index in [-0.39, 0.29) is 19.3 Å². The molecule has 2 aromatic rings. The molecular formula is C27H40N2O6. The highest BCUT2D eigenvalue weighted by Gasteiger charge is 2.26. The van der Waals surface area contributed by atoms with E-state index in [1.165, 1.54) is 0 Å². The zero-order chi connectivity index (χ0) is 25.0. The standard InChI is InChI=1S/C27H40N2O6/c1-4-32-24-6-10-26(11-7-24)34-19-22(30)17-28-14-15-29(21(3)16-28)18-23(31)20-35-27-12-8-25(9-13-27)33-5-2/h6-13,21-23,30-31H,4-5,14-20H2,1-3H3. The number of hydrogen-bond donors (Lipinski definition) is 2. The summed E-state index contributed by atoms with van der Waals surface area (Å²) in [6, 6.07) is 15.1. The first-order chi connectivity index (χ1) is 17.0. The molecule has 35 heavy (non-hydrogen) atoms. The smallest absolute Gasteiger partial charge is 0.119 e. The summed E-state index contributed by atoms with van der Waals surface area (Å²) < 4.78 is 22.3. The van der Waals surface area contributed by atoms with Crippen LogP contribution in [-0.4, -0.2) is 97.4 Å². The Labute approximate surface area is 209 Å². The minimum absolute atomic E-state index is 0.239. The summed E-state index contributed by atoms with van der Waals surface area (Å²) in [4.78, 5) is 4.52. The molecule has 8 nitrogen and oxygen atoms in total. The second-order valence-corrected chi connectivity index (χ2v) is 8.84. The molecule has 3 unspecified atom stereocenters. The molecular weight excluding hydrogens is 448 g/mol. The highest BCUT2D eigenvalue weighted by Crippen LogP contribution is 2.19. The van der Waals surface area contributed by atoms with Gasteiger partial charge in [0, 0.05) is 38.8 Å². The van der Waals surface area contributed by atoms with Crippen molar-refractivity contribution in [2.24, 2.45) is 0 Å². The summed E-state index contributed by atoms with van der Waals surface area (Å²) in [5.41, 5.74) is 0. The van der Waals surface area contributed by atoms with Crippen LogP contribution < -0.4 is 18.9 Å². The lowest BCUT2D eigenvalue weighted by Gasteiger charge is -2.41. The first-order valence-corrected chi connectivity index (χ1v) is 12.5. The molecule has 0 saturated carbocycles. The third kappa shape index (κ3) is 9.22. The largest absolute Gasteiger partial charge is 0.494 e. The van der Waals surface area contributed by atoms with E-state index >= 15 is 0 Å². The third-order valence-electron chi connectivity index (χ3n) is 5.92. The highest BCUT2D eigenvalue weighted by molar-refractivity contribution is 5.32. The fourth-order valence-corrected chi connectivity index (χ4v) is 4.16. The van der Waals surface area contributed by atoms with Gasteiger partial charge in [-0.1, -0.05) is 0 Å². The van der Waals surface area contributed by atoms with Crippen molar-refractivity contribution in [2.45, 2.75) is 39.0 Å². The van der Waals surface area contributed by atoms with Crippen LogP contribution in [0.15, 0.2) is 48.5 Å². The Balaban J connectivity index is 1.33. The Hall–Kier alpha value is -2.52. The zero-order valence-electron chi connectivity index (χ0n) is 21.1. The Kier molecular flexibility index (Phi) is 10.9. The van der Waals surface area contributed by atoms with Gasteiger partial charge in [0.05, 0.1) is 13.2 Å². The van der Waals surface area contributed by atoms with Crippen molar-refractivity contribution in [3.8, 4) is 23.0 Å². The van der Waals surface area contributed by atoms with Gasteiger partial charge < -0.3 is 29.2 Å². The molecule has 8 heteroatoms. The van der Waals surface area contributed by atoms with E-state index in [1.54, 1.807) is 0 Å². The van der Waals surface area contributed by atoms with Crippen molar-refractivity contribution in [2.75, 3.05) is 59.2 Å². The number of benzene rings is 2. The zero-order valence-corrected chi connectivity index (χ0v) is 21.1. The molecule has 2 aromatic carbocycles. The molecule has 194 valence electrons. The Morgan fingerprint density at radius 2 is 1.14 bits per heavy atom. The van der Waals surface area contributed by atoms with Gasteiger partial charge in [-0.05, 0) is 69.3 Å². The molecule has 0 amide bonds. The topological polar surface area (TPSA) is 83.9 Å². The fraction of sp³-hybridized carbons (Fsp3) is 0.556. The van der Waals surface area contributed by atoms with Gasteiger partial charge >= 0.3 is 0 Å². The number of piperazine rings is 1. The number of nitrogens with zero attached hydrogens (tertiary/aromatic N) is 2. The number of hydrogen-bond acceptors (Lipinski definition) is 8. The molecule has 1 fully saturated rings. The monoisotopic (exact) mass is 488 g/mol. The summed E-state index contributed by atoms with van der Waals surface area (Å²) in [7, 11) is 0. The van der Waals surface area contributed by atoms with Crippen molar-refractivity contribution in [3.63, 3.8) is 0 Å². The van der Waals surface area contributed by atoms with Gasteiger partial charge in [0.15, 0.2) is 0 Å². The molecule has 1 heterocycles. The Morgan fingerprint density at radius 1 is 0.714 bits per heavy atom. The molecule has 2 N–H and O–H groups in total. The molecule has 0 aromatic heterocycles. The predicted octanol–water partition coefficient (Wildman–Crippen LogP) is 2.67. The lowest BCUT2D eigenvalue weighted by Crippen LogP contribution is -2.55. The van der Waals surface area contributed by atoms with Crippen molar-refractivity contribution in [3.05, 3.63) is 48.5 Å². The molecule has 1 aliphatic rings.